The Morgan fingerprint density at radius 2 is 1.97 bits per heavy atom. The molecule has 8 heteroatoms. The number of nitrogens with zero attached hydrogens (tertiary/aromatic N) is 5. The maximum absolute atomic E-state index is 10.7. The highest BCUT2D eigenvalue weighted by atomic mass is 32.1. The van der Waals surface area contributed by atoms with Crippen LogP contribution in [0.2, 0.25) is 0 Å². The fourth-order valence-corrected chi connectivity index (χ4v) is 6.44. The molecular weight excluding hydrogens is 432 g/mol. The summed E-state index contributed by atoms with van der Waals surface area (Å²) < 4.78 is 1.03. The van der Waals surface area contributed by atoms with Crippen molar-refractivity contribution < 1.29 is 5.11 Å². The van der Waals surface area contributed by atoms with E-state index in [2.05, 4.69) is 32.2 Å². The molecule has 2 aliphatic rings. The lowest BCUT2D eigenvalue weighted by atomic mass is 9.83. The van der Waals surface area contributed by atoms with Crippen LogP contribution in [0.1, 0.15) is 50.0 Å². The number of thiazole rings is 1. The van der Waals surface area contributed by atoms with Crippen LogP contribution in [0.3, 0.4) is 0 Å². The first-order valence-electron chi connectivity index (χ1n) is 11.9. The van der Waals surface area contributed by atoms with Crippen molar-refractivity contribution in [3.8, 4) is 28.1 Å². The summed E-state index contributed by atoms with van der Waals surface area (Å²) in [5.41, 5.74) is 3.88. The lowest BCUT2D eigenvalue weighted by Gasteiger charge is -2.35. The SMILES string of the molecule is CCC(c1nc2nnc(-c3ccc(-c4cn[nH]c4)cc3O)cc2s1)C1CCN(C2CC2)CC1. The largest absolute Gasteiger partial charge is 0.507 e. The Bertz CT molecular complexity index is 1260. The molecule has 0 radical (unpaired) electrons. The first-order valence-corrected chi connectivity index (χ1v) is 12.7. The number of nitrogens with one attached hydrogen (secondary N) is 1. The van der Waals surface area contributed by atoms with E-state index >= 15 is 0 Å². The Morgan fingerprint density at radius 3 is 2.67 bits per heavy atom. The van der Waals surface area contributed by atoms with Crippen molar-refractivity contribution in [2.24, 2.45) is 5.92 Å². The average molecular weight is 461 g/mol. The van der Waals surface area contributed by atoms with E-state index < -0.39 is 0 Å². The summed E-state index contributed by atoms with van der Waals surface area (Å²) >= 11 is 1.74. The number of aromatic amines is 1. The molecule has 1 saturated carbocycles. The van der Waals surface area contributed by atoms with Gasteiger partial charge in [0.2, 0.25) is 0 Å². The van der Waals surface area contributed by atoms with Gasteiger partial charge in [-0.3, -0.25) is 5.10 Å². The van der Waals surface area contributed by atoms with E-state index in [1.165, 1.54) is 43.8 Å². The first kappa shape index (κ1) is 20.7. The normalized spacial score (nSPS) is 18.7. The van der Waals surface area contributed by atoms with E-state index in [1.807, 2.05) is 18.2 Å². The first-order chi connectivity index (χ1) is 16.2. The number of hydrogen-bond acceptors (Lipinski definition) is 7. The monoisotopic (exact) mass is 460 g/mol. The maximum atomic E-state index is 10.7. The fourth-order valence-electron chi connectivity index (χ4n) is 5.22. The van der Waals surface area contributed by atoms with Crippen molar-refractivity contribution in [1.82, 2.24) is 30.3 Å². The van der Waals surface area contributed by atoms with Crippen LogP contribution in [0.5, 0.6) is 5.75 Å². The van der Waals surface area contributed by atoms with E-state index in [4.69, 9.17) is 4.98 Å². The number of aromatic hydroxyl groups is 1. The number of phenolic OH excluding ortho intramolecular Hbond substituents is 1. The van der Waals surface area contributed by atoms with Crippen LogP contribution >= 0.6 is 11.3 Å². The highest BCUT2D eigenvalue weighted by Gasteiger charge is 2.34. The van der Waals surface area contributed by atoms with Gasteiger partial charge in [0.05, 0.1) is 21.6 Å². The molecular formula is C25H28N6OS. The molecule has 1 unspecified atom stereocenters. The molecule has 1 atom stereocenters. The molecule has 0 bridgehead atoms. The van der Waals surface area contributed by atoms with Gasteiger partial charge >= 0.3 is 0 Å². The minimum atomic E-state index is 0.181. The Balaban J connectivity index is 1.25. The summed E-state index contributed by atoms with van der Waals surface area (Å²) in [4.78, 5) is 7.57. The van der Waals surface area contributed by atoms with Crippen molar-refractivity contribution in [2.45, 2.75) is 51.0 Å². The van der Waals surface area contributed by atoms with Gasteiger partial charge in [0.15, 0.2) is 5.65 Å². The molecule has 0 spiro atoms. The van der Waals surface area contributed by atoms with Crippen LogP contribution in [-0.4, -0.2) is 54.5 Å². The maximum Gasteiger partial charge on any atom is 0.192 e. The Kier molecular flexibility index (Phi) is 5.34. The second-order valence-electron chi connectivity index (χ2n) is 9.31. The summed E-state index contributed by atoms with van der Waals surface area (Å²) in [6, 6.07) is 8.47. The van der Waals surface area contributed by atoms with Gasteiger partial charge in [-0.1, -0.05) is 13.0 Å². The zero-order valence-corrected chi connectivity index (χ0v) is 19.6. The predicted molar refractivity (Wildman–Crippen MR) is 130 cm³/mol. The van der Waals surface area contributed by atoms with Gasteiger partial charge < -0.3 is 10.0 Å². The van der Waals surface area contributed by atoms with Crippen molar-refractivity contribution in [3.05, 3.63) is 41.7 Å². The molecule has 170 valence electrons. The summed E-state index contributed by atoms with van der Waals surface area (Å²) in [6.07, 6.45) is 9.95. The Hall–Kier alpha value is -2.84. The summed E-state index contributed by atoms with van der Waals surface area (Å²) in [7, 11) is 0. The number of fused-ring (bicyclic) bond motifs is 1. The quantitative estimate of drug-likeness (QED) is 0.410. The Labute approximate surface area is 196 Å². The van der Waals surface area contributed by atoms with Crippen molar-refractivity contribution in [2.75, 3.05) is 13.1 Å². The lowest BCUT2D eigenvalue weighted by molar-refractivity contribution is 0.159. The van der Waals surface area contributed by atoms with Gasteiger partial charge in [0.25, 0.3) is 0 Å². The summed E-state index contributed by atoms with van der Waals surface area (Å²) in [5, 5.41) is 27.4. The van der Waals surface area contributed by atoms with Crippen LogP contribution in [0.25, 0.3) is 32.7 Å². The number of benzene rings is 1. The summed E-state index contributed by atoms with van der Waals surface area (Å²) in [6.45, 7) is 4.74. The molecule has 0 amide bonds. The zero-order chi connectivity index (χ0) is 22.4. The number of aromatic nitrogens is 5. The molecule has 1 aliphatic carbocycles. The van der Waals surface area contributed by atoms with Gasteiger partial charge in [0.1, 0.15) is 5.75 Å². The van der Waals surface area contributed by atoms with Gasteiger partial charge in [-0.2, -0.15) is 5.10 Å². The minimum absolute atomic E-state index is 0.181. The molecule has 4 aromatic rings. The minimum Gasteiger partial charge on any atom is -0.507 e. The number of hydrogen-bond donors (Lipinski definition) is 2. The molecule has 2 fully saturated rings. The third-order valence-corrected chi connectivity index (χ3v) is 8.36. The van der Waals surface area contributed by atoms with E-state index in [9.17, 15) is 5.11 Å². The third kappa shape index (κ3) is 4.02. The van der Waals surface area contributed by atoms with Crippen LogP contribution in [0.15, 0.2) is 36.7 Å². The van der Waals surface area contributed by atoms with Crippen LogP contribution in [0.4, 0.5) is 0 Å². The van der Waals surface area contributed by atoms with E-state index in [0.717, 1.165) is 28.3 Å². The number of H-pyrrole nitrogens is 1. The van der Waals surface area contributed by atoms with E-state index in [0.29, 0.717) is 28.7 Å². The summed E-state index contributed by atoms with van der Waals surface area (Å²) in [5.74, 6) is 1.36. The van der Waals surface area contributed by atoms with Gasteiger partial charge in [-0.05, 0) is 74.9 Å². The standard InChI is InChI=1S/C25H28N6OS/c1-2-19(15-7-9-31(10-8-15)18-4-5-18)25-28-24-23(33-25)12-21(29-30-24)20-6-3-16(11-22(20)32)17-13-26-27-14-17/h3,6,11-15,18-19,32H,2,4-5,7-10H2,1H3,(H,26,27). The van der Waals surface area contributed by atoms with Crippen LogP contribution in [-0.2, 0) is 0 Å². The van der Waals surface area contributed by atoms with Gasteiger partial charge in [-0.15, -0.1) is 21.5 Å². The van der Waals surface area contributed by atoms with Gasteiger partial charge in [0, 0.05) is 29.3 Å². The third-order valence-electron chi connectivity index (χ3n) is 7.24. The lowest BCUT2D eigenvalue weighted by Crippen LogP contribution is -2.36. The van der Waals surface area contributed by atoms with Crippen molar-refractivity contribution >= 4 is 21.7 Å². The van der Waals surface area contributed by atoms with E-state index in [1.54, 1.807) is 29.8 Å². The molecule has 1 aliphatic heterocycles. The molecule has 6 rings (SSSR count). The number of rotatable bonds is 6. The average Bonchev–Trinajstić information content (AvgIpc) is 3.37. The Morgan fingerprint density at radius 1 is 1.12 bits per heavy atom. The molecule has 4 heterocycles. The molecule has 1 saturated heterocycles. The molecule has 2 N–H and O–H groups in total. The molecule has 33 heavy (non-hydrogen) atoms. The predicted octanol–water partition coefficient (Wildman–Crippen LogP) is 5.22. The highest BCUT2D eigenvalue weighted by Crippen LogP contribution is 2.41. The number of phenols is 1. The van der Waals surface area contributed by atoms with Crippen molar-refractivity contribution in [1.29, 1.82) is 0 Å². The molecule has 7 nitrogen and oxygen atoms in total. The topological polar surface area (TPSA) is 90.8 Å². The van der Waals surface area contributed by atoms with Crippen LogP contribution in [0, 0.1) is 5.92 Å². The highest BCUT2D eigenvalue weighted by molar-refractivity contribution is 7.18. The van der Waals surface area contributed by atoms with Gasteiger partial charge in [-0.25, -0.2) is 4.98 Å². The van der Waals surface area contributed by atoms with Crippen molar-refractivity contribution in [3.63, 3.8) is 0 Å². The fraction of sp³-hybridized carbons (Fsp3) is 0.440. The number of piperidine rings is 1. The second-order valence-corrected chi connectivity index (χ2v) is 10.4. The molecule has 1 aromatic carbocycles. The second kappa shape index (κ2) is 8.50. The number of likely N-dealkylation sites (tertiary alicyclic amines) is 1. The smallest absolute Gasteiger partial charge is 0.192 e. The molecule has 3 aromatic heterocycles. The van der Waals surface area contributed by atoms with E-state index in [-0.39, 0.29) is 5.75 Å². The van der Waals surface area contributed by atoms with Crippen LogP contribution < -0.4 is 0 Å². The zero-order valence-electron chi connectivity index (χ0n) is 18.7.